The van der Waals surface area contributed by atoms with Crippen LogP contribution >= 0.6 is 23.2 Å². The summed E-state index contributed by atoms with van der Waals surface area (Å²) in [6.07, 6.45) is 0. The molecule has 4 aromatic carbocycles. The molecule has 0 saturated carbocycles. The van der Waals surface area contributed by atoms with E-state index in [1.807, 2.05) is 54.6 Å². The van der Waals surface area contributed by atoms with Crippen LogP contribution in [0.1, 0.15) is 22.8 Å². The van der Waals surface area contributed by atoms with Crippen molar-refractivity contribution in [2.24, 2.45) is 5.73 Å². The number of amides is 2. The van der Waals surface area contributed by atoms with Gasteiger partial charge in [0.25, 0.3) is 0 Å². The Balaban J connectivity index is 1.71. The standard InChI is InChI=1S/C28H20Cl2N3O2/c1-16(34)32-20-9-5-17(6-10-20)15-33-25-4-2-3-23(28(31)35)27(25)22-11-7-18(13-26(22)33)21-12-8-19(29)14-24(21)30/h2-10,12-14H,15H2,1H3,(H2,31,35)(H,32,34). The minimum absolute atomic E-state index is 0.122. The second kappa shape index (κ2) is 9.10. The van der Waals surface area contributed by atoms with Gasteiger partial charge in [-0.25, -0.2) is 0 Å². The van der Waals surface area contributed by atoms with E-state index in [9.17, 15) is 9.59 Å². The summed E-state index contributed by atoms with van der Waals surface area (Å²) in [5.74, 6) is -0.615. The number of nitrogens with two attached hydrogens (primary N) is 1. The fourth-order valence-electron chi connectivity index (χ4n) is 4.39. The largest absolute Gasteiger partial charge is 0.366 e. The first-order chi connectivity index (χ1) is 16.8. The van der Waals surface area contributed by atoms with Gasteiger partial charge in [-0.2, -0.15) is 0 Å². The van der Waals surface area contributed by atoms with E-state index in [0.29, 0.717) is 22.2 Å². The van der Waals surface area contributed by atoms with Gasteiger partial charge in [0.05, 0.1) is 11.0 Å². The van der Waals surface area contributed by atoms with Crippen LogP contribution in [0.4, 0.5) is 5.69 Å². The van der Waals surface area contributed by atoms with Crippen molar-refractivity contribution in [1.29, 1.82) is 0 Å². The average Bonchev–Trinajstić information content (AvgIpc) is 3.13. The molecule has 1 aromatic heterocycles. The predicted octanol–water partition coefficient (Wildman–Crippen LogP) is 6.67. The summed E-state index contributed by atoms with van der Waals surface area (Å²) in [5, 5.41) is 5.45. The fourth-order valence-corrected chi connectivity index (χ4v) is 4.91. The Morgan fingerprint density at radius 2 is 1.77 bits per heavy atom. The van der Waals surface area contributed by atoms with Crippen LogP contribution in [-0.2, 0) is 11.3 Å². The third kappa shape index (κ3) is 4.36. The molecule has 2 amide bonds. The van der Waals surface area contributed by atoms with E-state index < -0.39 is 5.91 Å². The molecule has 0 unspecified atom stereocenters. The van der Waals surface area contributed by atoms with Crippen LogP contribution in [0.5, 0.6) is 0 Å². The molecule has 0 aliphatic heterocycles. The number of aromatic nitrogens is 1. The third-order valence-electron chi connectivity index (χ3n) is 5.92. The molecule has 0 fully saturated rings. The molecule has 5 nitrogen and oxygen atoms in total. The summed E-state index contributed by atoms with van der Waals surface area (Å²) in [4.78, 5) is 23.6. The fraction of sp³-hybridized carbons (Fsp3) is 0.0714. The Bertz CT molecular complexity index is 1620. The van der Waals surface area contributed by atoms with Crippen LogP contribution in [0, 0.1) is 6.07 Å². The monoisotopic (exact) mass is 500 g/mol. The molecular weight excluding hydrogens is 481 g/mol. The zero-order valence-corrected chi connectivity index (χ0v) is 20.2. The first-order valence-electron chi connectivity index (χ1n) is 10.9. The van der Waals surface area contributed by atoms with E-state index in [4.69, 9.17) is 28.9 Å². The molecule has 5 rings (SSSR count). The van der Waals surface area contributed by atoms with Crippen LogP contribution in [0.3, 0.4) is 0 Å². The number of primary amides is 1. The summed E-state index contributed by atoms with van der Waals surface area (Å²) in [6.45, 7) is 2.01. The SMILES string of the molecule is CC(=O)Nc1ccc(Cn2c3cc(-c4ccc(Cl)cc4Cl)c[c]c3c3c(C(N)=O)cccc32)cc1. The Morgan fingerprint density at radius 1 is 1.00 bits per heavy atom. The zero-order valence-electron chi connectivity index (χ0n) is 18.7. The minimum Gasteiger partial charge on any atom is -0.366 e. The van der Waals surface area contributed by atoms with Crippen molar-refractivity contribution in [3.05, 3.63) is 100 Å². The Kier molecular flexibility index (Phi) is 5.97. The molecule has 5 aromatic rings. The lowest BCUT2D eigenvalue weighted by atomic mass is 10.0. The number of nitrogens with one attached hydrogen (secondary N) is 1. The summed E-state index contributed by atoms with van der Waals surface area (Å²) < 4.78 is 2.13. The maximum absolute atomic E-state index is 12.3. The highest BCUT2D eigenvalue weighted by Gasteiger charge is 2.18. The molecule has 0 aliphatic rings. The topological polar surface area (TPSA) is 77.1 Å². The van der Waals surface area contributed by atoms with Gasteiger partial charge in [0, 0.05) is 51.1 Å². The molecule has 173 valence electrons. The highest BCUT2D eigenvalue weighted by atomic mass is 35.5. The number of hydrogen-bond acceptors (Lipinski definition) is 2. The molecule has 0 atom stereocenters. The van der Waals surface area contributed by atoms with E-state index in [2.05, 4.69) is 16.0 Å². The lowest BCUT2D eigenvalue weighted by Crippen LogP contribution is -2.11. The first kappa shape index (κ1) is 23.0. The number of fused-ring (bicyclic) bond motifs is 3. The van der Waals surface area contributed by atoms with Crippen molar-refractivity contribution < 1.29 is 9.59 Å². The summed E-state index contributed by atoms with van der Waals surface area (Å²) in [6, 6.07) is 25.8. The molecule has 35 heavy (non-hydrogen) atoms. The molecule has 7 heteroatoms. The van der Waals surface area contributed by atoms with Gasteiger partial charge in [-0.15, -0.1) is 0 Å². The number of rotatable bonds is 5. The summed E-state index contributed by atoms with van der Waals surface area (Å²) in [7, 11) is 0. The van der Waals surface area contributed by atoms with Crippen molar-refractivity contribution in [3.8, 4) is 11.1 Å². The number of nitrogens with zero attached hydrogens (tertiary/aromatic N) is 1. The van der Waals surface area contributed by atoms with Crippen molar-refractivity contribution in [1.82, 2.24) is 4.57 Å². The highest BCUT2D eigenvalue weighted by Crippen LogP contribution is 2.37. The van der Waals surface area contributed by atoms with Crippen molar-refractivity contribution in [2.75, 3.05) is 5.32 Å². The van der Waals surface area contributed by atoms with E-state index in [1.54, 1.807) is 18.2 Å². The molecule has 0 saturated heterocycles. The third-order valence-corrected chi connectivity index (χ3v) is 6.46. The minimum atomic E-state index is -0.493. The smallest absolute Gasteiger partial charge is 0.249 e. The van der Waals surface area contributed by atoms with Gasteiger partial charge in [0.1, 0.15) is 0 Å². The molecule has 0 spiro atoms. The first-order valence-corrected chi connectivity index (χ1v) is 11.7. The van der Waals surface area contributed by atoms with E-state index in [-0.39, 0.29) is 5.91 Å². The number of carbonyl (C=O) groups is 2. The van der Waals surface area contributed by atoms with Gasteiger partial charge in [-0.1, -0.05) is 47.5 Å². The van der Waals surface area contributed by atoms with Crippen molar-refractivity contribution >= 4 is 62.5 Å². The van der Waals surface area contributed by atoms with E-state index >= 15 is 0 Å². The molecule has 1 heterocycles. The molecular formula is C28H20Cl2N3O2. The van der Waals surface area contributed by atoms with Crippen LogP contribution in [-0.4, -0.2) is 16.4 Å². The second-order valence-electron chi connectivity index (χ2n) is 8.30. The van der Waals surface area contributed by atoms with Gasteiger partial charge in [-0.3, -0.25) is 9.59 Å². The van der Waals surface area contributed by atoms with Crippen LogP contribution in [0.15, 0.2) is 72.8 Å². The van der Waals surface area contributed by atoms with Gasteiger partial charge in [-0.05, 0) is 65.7 Å². The summed E-state index contributed by atoms with van der Waals surface area (Å²) in [5.41, 5.74) is 11.4. The van der Waals surface area contributed by atoms with Gasteiger partial charge >= 0.3 is 0 Å². The van der Waals surface area contributed by atoms with Crippen molar-refractivity contribution in [3.63, 3.8) is 0 Å². The molecule has 3 N–H and O–H groups in total. The van der Waals surface area contributed by atoms with Crippen LogP contribution in [0.25, 0.3) is 32.9 Å². The highest BCUT2D eigenvalue weighted by molar-refractivity contribution is 6.36. The summed E-state index contributed by atoms with van der Waals surface area (Å²) >= 11 is 12.6. The molecule has 0 aliphatic carbocycles. The average molecular weight is 501 g/mol. The van der Waals surface area contributed by atoms with Crippen molar-refractivity contribution in [2.45, 2.75) is 13.5 Å². The van der Waals surface area contributed by atoms with E-state index in [1.165, 1.54) is 6.92 Å². The quantitative estimate of drug-likeness (QED) is 0.282. The lowest BCUT2D eigenvalue weighted by molar-refractivity contribution is -0.114. The Morgan fingerprint density at radius 3 is 2.46 bits per heavy atom. The number of hydrogen-bond donors (Lipinski definition) is 2. The van der Waals surface area contributed by atoms with Crippen LogP contribution in [0.2, 0.25) is 10.0 Å². The molecule has 1 radical (unpaired) electrons. The number of benzene rings is 4. The van der Waals surface area contributed by atoms with E-state index in [0.717, 1.165) is 44.2 Å². The zero-order chi connectivity index (χ0) is 24.7. The predicted molar refractivity (Wildman–Crippen MR) is 142 cm³/mol. The van der Waals surface area contributed by atoms with Gasteiger partial charge in [0.2, 0.25) is 11.8 Å². The Labute approximate surface area is 212 Å². The second-order valence-corrected chi connectivity index (χ2v) is 9.14. The number of carbonyl (C=O) groups excluding carboxylic acids is 2. The lowest BCUT2D eigenvalue weighted by Gasteiger charge is -2.11. The van der Waals surface area contributed by atoms with Gasteiger partial charge in [0.15, 0.2) is 0 Å². The maximum Gasteiger partial charge on any atom is 0.249 e. The Hall–Kier alpha value is -3.80. The normalized spacial score (nSPS) is 11.2. The molecule has 0 bridgehead atoms. The van der Waals surface area contributed by atoms with Crippen LogP contribution < -0.4 is 11.1 Å². The number of halogens is 2. The number of anilines is 1. The maximum atomic E-state index is 12.3. The van der Waals surface area contributed by atoms with Gasteiger partial charge < -0.3 is 15.6 Å².